The molecular weight excluding hydrogens is 344 g/mol. The molecule has 2 N–H and O–H groups in total. The SMILES string of the molecule is CCCCCC(C)NC(=NCc1ccc([N+](=O)[O-])cc1)NCC1CCOC1. The molecule has 0 amide bonds. The first kappa shape index (κ1) is 21.2. The van der Waals surface area contributed by atoms with Gasteiger partial charge in [0.25, 0.3) is 5.69 Å². The number of aliphatic imine (C=N–C) groups is 1. The van der Waals surface area contributed by atoms with Crippen LogP contribution in [0.15, 0.2) is 29.3 Å². The van der Waals surface area contributed by atoms with E-state index in [4.69, 9.17) is 4.74 Å². The Hall–Kier alpha value is -2.15. The maximum Gasteiger partial charge on any atom is 0.269 e. The average Bonchev–Trinajstić information content (AvgIpc) is 3.18. The van der Waals surface area contributed by atoms with Crippen LogP contribution in [0, 0.1) is 16.0 Å². The molecule has 2 atom stereocenters. The molecule has 0 radical (unpaired) electrons. The van der Waals surface area contributed by atoms with Gasteiger partial charge in [-0.3, -0.25) is 10.1 Å². The predicted molar refractivity (Wildman–Crippen MR) is 108 cm³/mol. The minimum atomic E-state index is -0.386. The summed E-state index contributed by atoms with van der Waals surface area (Å²) in [5, 5.41) is 17.7. The molecule has 1 aromatic carbocycles. The number of nitro benzene ring substituents is 1. The minimum Gasteiger partial charge on any atom is -0.381 e. The number of guanidine groups is 1. The van der Waals surface area contributed by atoms with Crippen molar-refractivity contribution in [3.05, 3.63) is 39.9 Å². The Labute approximate surface area is 161 Å². The first-order valence-electron chi connectivity index (χ1n) is 9.94. The summed E-state index contributed by atoms with van der Waals surface area (Å²) in [4.78, 5) is 15.1. The number of nitrogens with one attached hydrogen (secondary N) is 2. The lowest BCUT2D eigenvalue weighted by Gasteiger charge is -2.19. The molecule has 0 saturated carbocycles. The molecule has 0 bridgehead atoms. The number of benzene rings is 1. The van der Waals surface area contributed by atoms with Crippen molar-refractivity contribution in [1.29, 1.82) is 0 Å². The van der Waals surface area contributed by atoms with Gasteiger partial charge in [-0.15, -0.1) is 0 Å². The van der Waals surface area contributed by atoms with Crippen LogP contribution in [0.3, 0.4) is 0 Å². The zero-order valence-electron chi connectivity index (χ0n) is 16.4. The van der Waals surface area contributed by atoms with Crippen molar-refractivity contribution in [3.8, 4) is 0 Å². The molecule has 1 fully saturated rings. The van der Waals surface area contributed by atoms with Gasteiger partial charge >= 0.3 is 0 Å². The van der Waals surface area contributed by atoms with Crippen LogP contribution >= 0.6 is 0 Å². The maximum atomic E-state index is 10.8. The lowest BCUT2D eigenvalue weighted by Crippen LogP contribution is -2.44. The molecule has 7 heteroatoms. The highest BCUT2D eigenvalue weighted by molar-refractivity contribution is 5.80. The van der Waals surface area contributed by atoms with Gasteiger partial charge in [0.1, 0.15) is 0 Å². The van der Waals surface area contributed by atoms with Gasteiger partial charge in [0.2, 0.25) is 0 Å². The normalized spacial score (nSPS) is 18.3. The lowest BCUT2D eigenvalue weighted by atomic mass is 10.1. The van der Waals surface area contributed by atoms with Crippen molar-refractivity contribution in [2.45, 2.75) is 58.5 Å². The molecule has 7 nitrogen and oxygen atoms in total. The third-order valence-electron chi connectivity index (χ3n) is 4.77. The highest BCUT2D eigenvalue weighted by Crippen LogP contribution is 2.13. The fourth-order valence-electron chi connectivity index (χ4n) is 3.04. The number of rotatable bonds is 10. The Kier molecular flexibility index (Phi) is 9.04. The number of ether oxygens (including phenoxy) is 1. The smallest absolute Gasteiger partial charge is 0.269 e. The van der Waals surface area contributed by atoms with E-state index in [0.29, 0.717) is 18.5 Å². The van der Waals surface area contributed by atoms with E-state index in [-0.39, 0.29) is 10.6 Å². The summed E-state index contributed by atoms with van der Waals surface area (Å²) in [7, 11) is 0. The van der Waals surface area contributed by atoms with Crippen molar-refractivity contribution in [2.75, 3.05) is 19.8 Å². The van der Waals surface area contributed by atoms with E-state index in [2.05, 4.69) is 29.5 Å². The number of unbranched alkanes of at least 4 members (excludes halogenated alkanes) is 2. The summed E-state index contributed by atoms with van der Waals surface area (Å²) in [5.74, 6) is 1.32. The van der Waals surface area contributed by atoms with E-state index >= 15 is 0 Å². The topological polar surface area (TPSA) is 88.8 Å². The van der Waals surface area contributed by atoms with Gasteiger partial charge < -0.3 is 15.4 Å². The summed E-state index contributed by atoms with van der Waals surface area (Å²) in [6.45, 7) is 7.35. The van der Waals surface area contributed by atoms with Crippen molar-refractivity contribution in [2.24, 2.45) is 10.9 Å². The highest BCUT2D eigenvalue weighted by atomic mass is 16.6. The van der Waals surface area contributed by atoms with Gasteiger partial charge in [-0.25, -0.2) is 4.99 Å². The number of non-ortho nitro benzene ring substituents is 1. The van der Waals surface area contributed by atoms with Crippen LogP contribution in [0.4, 0.5) is 5.69 Å². The zero-order chi connectivity index (χ0) is 19.5. The van der Waals surface area contributed by atoms with Gasteiger partial charge in [0.05, 0.1) is 18.1 Å². The van der Waals surface area contributed by atoms with Gasteiger partial charge in [-0.1, -0.05) is 38.3 Å². The van der Waals surface area contributed by atoms with Crippen LogP contribution in [0.25, 0.3) is 0 Å². The van der Waals surface area contributed by atoms with Gasteiger partial charge in [-0.2, -0.15) is 0 Å². The minimum absolute atomic E-state index is 0.102. The number of hydrogen-bond acceptors (Lipinski definition) is 4. The van der Waals surface area contributed by atoms with E-state index in [1.165, 1.54) is 31.4 Å². The van der Waals surface area contributed by atoms with E-state index in [9.17, 15) is 10.1 Å². The average molecular weight is 377 g/mol. The summed E-state index contributed by atoms with van der Waals surface area (Å²) < 4.78 is 5.44. The second-order valence-corrected chi connectivity index (χ2v) is 7.24. The van der Waals surface area contributed by atoms with Crippen molar-refractivity contribution in [3.63, 3.8) is 0 Å². The van der Waals surface area contributed by atoms with Crippen LogP contribution in [-0.4, -0.2) is 36.7 Å². The Bertz CT molecular complexity index is 598. The van der Waals surface area contributed by atoms with Crippen LogP contribution < -0.4 is 10.6 Å². The molecule has 150 valence electrons. The van der Waals surface area contributed by atoms with E-state index in [1.54, 1.807) is 12.1 Å². The van der Waals surface area contributed by atoms with Crippen LogP contribution in [0.2, 0.25) is 0 Å². The van der Waals surface area contributed by atoms with Crippen LogP contribution in [-0.2, 0) is 11.3 Å². The third-order valence-corrected chi connectivity index (χ3v) is 4.77. The zero-order valence-corrected chi connectivity index (χ0v) is 16.4. The quantitative estimate of drug-likeness (QED) is 0.214. The van der Waals surface area contributed by atoms with Crippen molar-refractivity contribution in [1.82, 2.24) is 10.6 Å². The van der Waals surface area contributed by atoms with Crippen molar-refractivity contribution < 1.29 is 9.66 Å². The molecule has 2 unspecified atom stereocenters. The molecule has 1 aliphatic heterocycles. The lowest BCUT2D eigenvalue weighted by molar-refractivity contribution is -0.384. The standard InChI is InChI=1S/C20H32N4O3/c1-3-4-5-6-16(2)23-20(22-14-18-11-12-27-15-18)21-13-17-7-9-19(10-8-17)24(25)26/h7-10,16,18H,3-6,11-15H2,1-2H3,(H2,21,22,23). The number of nitrogens with zero attached hydrogens (tertiary/aromatic N) is 2. The molecule has 0 aromatic heterocycles. The molecule has 2 rings (SSSR count). The summed E-state index contributed by atoms with van der Waals surface area (Å²) >= 11 is 0. The first-order valence-corrected chi connectivity index (χ1v) is 9.94. The highest BCUT2D eigenvalue weighted by Gasteiger charge is 2.16. The fraction of sp³-hybridized carbons (Fsp3) is 0.650. The largest absolute Gasteiger partial charge is 0.381 e. The third kappa shape index (κ3) is 7.95. The summed E-state index contributed by atoms with van der Waals surface area (Å²) in [6.07, 6.45) is 5.85. The fourth-order valence-corrected chi connectivity index (χ4v) is 3.04. The molecule has 1 aromatic rings. The van der Waals surface area contributed by atoms with E-state index in [0.717, 1.165) is 44.1 Å². The molecule has 0 spiro atoms. The summed E-state index contributed by atoms with van der Waals surface area (Å²) in [6, 6.07) is 6.91. The van der Waals surface area contributed by atoms with E-state index in [1.807, 2.05) is 0 Å². The Morgan fingerprint density at radius 1 is 1.37 bits per heavy atom. The predicted octanol–water partition coefficient (Wildman–Crippen LogP) is 3.64. The molecule has 1 heterocycles. The summed E-state index contributed by atoms with van der Waals surface area (Å²) in [5.41, 5.74) is 1.05. The molecular formula is C20H32N4O3. The van der Waals surface area contributed by atoms with E-state index < -0.39 is 0 Å². The molecule has 1 aliphatic rings. The van der Waals surface area contributed by atoms with Gasteiger partial charge in [-0.05, 0) is 25.3 Å². The van der Waals surface area contributed by atoms with Crippen LogP contribution in [0.5, 0.6) is 0 Å². The Morgan fingerprint density at radius 3 is 2.78 bits per heavy atom. The molecule has 0 aliphatic carbocycles. The number of hydrogen-bond donors (Lipinski definition) is 2. The second kappa shape index (κ2) is 11.5. The number of nitro groups is 1. The first-order chi connectivity index (χ1) is 13.1. The Morgan fingerprint density at radius 2 is 2.15 bits per heavy atom. The van der Waals surface area contributed by atoms with Gasteiger partial charge in [0.15, 0.2) is 5.96 Å². The monoisotopic (exact) mass is 376 g/mol. The molecule has 27 heavy (non-hydrogen) atoms. The van der Waals surface area contributed by atoms with Gasteiger partial charge in [0, 0.05) is 37.2 Å². The second-order valence-electron chi connectivity index (χ2n) is 7.24. The Balaban J connectivity index is 1.93. The molecule has 1 saturated heterocycles. The maximum absolute atomic E-state index is 10.8. The van der Waals surface area contributed by atoms with Crippen LogP contribution in [0.1, 0.15) is 51.5 Å². The van der Waals surface area contributed by atoms with Crippen molar-refractivity contribution >= 4 is 11.6 Å².